The van der Waals surface area contributed by atoms with Crippen LogP contribution in [0.4, 0.5) is 0 Å². The van der Waals surface area contributed by atoms with E-state index < -0.39 is 0 Å². The summed E-state index contributed by atoms with van der Waals surface area (Å²) in [6.07, 6.45) is 8.11. The third kappa shape index (κ3) is 7.32. The van der Waals surface area contributed by atoms with Crippen molar-refractivity contribution >= 4 is 21.9 Å². The molecule has 0 N–H and O–H groups in total. The number of fused-ring (bicyclic) bond motifs is 3. The molecule has 0 saturated heterocycles. The minimum atomic E-state index is 0. The number of para-hydroxylation sites is 1. The smallest absolute Gasteiger partial charge is 0.151 e. The molecule has 0 aliphatic heterocycles. The van der Waals surface area contributed by atoms with E-state index in [1.807, 2.05) is 60.8 Å². The van der Waals surface area contributed by atoms with E-state index in [2.05, 4.69) is 90.3 Å². The van der Waals surface area contributed by atoms with Gasteiger partial charge in [0.2, 0.25) is 0 Å². The molecule has 0 unspecified atom stereocenters. The first-order valence-corrected chi connectivity index (χ1v) is 14.0. The van der Waals surface area contributed by atoms with Crippen LogP contribution >= 0.6 is 0 Å². The Hall–Kier alpha value is -4.44. The molecule has 43 heavy (non-hydrogen) atoms. The summed E-state index contributed by atoms with van der Waals surface area (Å²) >= 11 is 0. The number of aromatic nitrogens is 3. The van der Waals surface area contributed by atoms with Crippen molar-refractivity contribution in [3.05, 3.63) is 140 Å². The molecule has 215 valence electrons. The van der Waals surface area contributed by atoms with Crippen LogP contribution < -0.4 is 0 Å². The van der Waals surface area contributed by atoms with Crippen molar-refractivity contribution in [1.82, 2.24) is 15.0 Å². The van der Waals surface area contributed by atoms with E-state index >= 15 is 0 Å². The van der Waals surface area contributed by atoms with Gasteiger partial charge in [0, 0.05) is 37.1 Å². The van der Waals surface area contributed by atoms with Crippen LogP contribution in [0.2, 0.25) is 0 Å². The van der Waals surface area contributed by atoms with Gasteiger partial charge in [-0.2, -0.15) is 11.6 Å². The number of nitrogens with zero attached hydrogens (tertiary/aromatic N) is 3. The van der Waals surface area contributed by atoms with Crippen LogP contribution in [0.15, 0.2) is 126 Å². The number of furan rings is 1. The molecule has 5 heteroatoms. The second-order valence-electron chi connectivity index (χ2n) is 11.5. The third-order valence-corrected chi connectivity index (χ3v) is 6.93. The van der Waals surface area contributed by atoms with Crippen molar-refractivity contribution in [2.45, 2.75) is 27.2 Å². The molecule has 7 aromatic rings. The summed E-state index contributed by atoms with van der Waals surface area (Å²) < 4.78 is 5.76. The fourth-order valence-corrected chi connectivity index (χ4v) is 4.99. The molecule has 0 spiro atoms. The average Bonchev–Trinajstić information content (AvgIpc) is 3.40. The Bertz CT molecular complexity index is 1930. The van der Waals surface area contributed by atoms with Gasteiger partial charge in [-0.1, -0.05) is 75.4 Å². The van der Waals surface area contributed by atoms with Crippen molar-refractivity contribution in [2.75, 3.05) is 0 Å². The number of pyridine rings is 3. The molecule has 1 radical (unpaired) electrons. The largest absolute Gasteiger partial charge is 0.455 e. The summed E-state index contributed by atoms with van der Waals surface area (Å²) in [6, 6.07) is 39.3. The molecule has 0 atom stereocenters. The van der Waals surface area contributed by atoms with Crippen molar-refractivity contribution in [1.29, 1.82) is 0 Å². The van der Waals surface area contributed by atoms with E-state index in [0.29, 0.717) is 5.41 Å². The van der Waals surface area contributed by atoms with Gasteiger partial charge in [-0.05, 0) is 64.4 Å². The van der Waals surface area contributed by atoms with E-state index in [0.717, 1.165) is 50.9 Å². The zero-order valence-corrected chi connectivity index (χ0v) is 26.7. The molecule has 4 nitrogen and oxygen atoms in total. The number of rotatable bonds is 4. The van der Waals surface area contributed by atoms with Crippen LogP contribution in [-0.2, 0) is 26.5 Å². The standard InChI is InChI=1S/C22H22N.C16H9N2O.Ir/c1-22(2,3)16-17-9-11-18(12-10-17)20-13-14-23-21(15-20)19-7-5-4-6-8-19;1-2-4-15-12(3-1)13-9-14(18-10-16(13)19-15)11-5-7-17-8-6-11;/h4-7,9-15H,16H2,1-3H3;1-5,7-10H;/q2*-1;. The van der Waals surface area contributed by atoms with Gasteiger partial charge in [0.15, 0.2) is 5.58 Å². The van der Waals surface area contributed by atoms with Crippen LogP contribution in [0.3, 0.4) is 0 Å². The molecule has 0 aliphatic carbocycles. The summed E-state index contributed by atoms with van der Waals surface area (Å²) in [7, 11) is 0. The first kappa shape index (κ1) is 30.0. The molecule has 0 amide bonds. The van der Waals surface area contributed by atoms with Gasteiger partial charge in [0.05, 0.1) is 6.20 Å². The molecule has 3 aromatic carbocycles. The zero-order valence-electron chi connectivity index (χ0n) is 24.3. The Kier molecular flexibility index (Phi) is 9.25. The Morgan fingerprint density at radius 3 is 2.19 bits per heavy atom. The molecular weight excluding hydrogens is 707 g/mol. The van der Waals surface area contributed by atoms with Crippen LogP contribution in [0.25, 0.3) is 55.6 Å². The molecule has 0 saturated carbocycles. The maximum absolute atomic E-state index is 5.76. The fraction of sp³-hybridized carbons (Fsp3) is 0.132. The first-order chi connectivity index (χ1) is 20.4. The SMILES string of the molecule is CC(C)(C)Cc1ccc(-c2ccnc(-c3[c-]cccc3)c2)cc1.[Ir].[c-]1cnccc1-c1cc2c(cn1)oc1ccccc12. The molecule has 0 bridgehead atoms. The number of hydrogen-bond acceptors (Lipinski definition) is 4. The Balaban J connectivity index is 0.000000170. The topological polar surface area (TPSA) is 51.8 Å². The Morgan fingerprint density at radius 2 is 1.44 bits per heavy atom. The monoisotopic (exact) mass is 738 g/mol. The van der Waals surface area contributed by atoms with Gasteiger partial charge < -0.3 is 14.4 Å². The van der Waals surface area contributed by atoms with Crippen molar-refractivity contribution < 1.29 is 24.5 Å². The van der Waals surface area contributed by atoms with Gasteiger partial charge in [-0.15, -0.1) is 42.0 Å². The first-order valence-electron chi connectivity index (χ1n) is 14.0. The molecule has 4 aromatic heterocycles. The number of benzene rings is 3. The van der Waals surface area contributed by atoms with Crippen LogP contribution in [-0.4, -0.2) is 15.0 Å². The van der Waals surface area contributed by atoms with Crippen molar-refractivity contribution in [3.8, 4) is 33.6 Å². The van der Waals surface area contributed by atoms with Crippen LogP contribution in [0.1, 0.15) is 26.3 Å². The molecule has 4 heterocycles. The second kappa shape index (κ2) is 13.2. The normalized spacial score (nSPS) is 11.0. The molecule has 0 fully saturated rings. The minimum Gasteiger partial charge on any atom is -0.455 e. The predicted octanol–water partition coefficient (Wildman–Crippen LogP) is 9.65. The maximum Gasteiger partial charge on any atom is 0.151 e. The van der Waals surface area contributed by atoms with E-state index in [4.69, 9.17) is 4.42 Å². The molecular formula is C38H31IrN3O-2. The molecule has 7 rings (SSSR count). The second-order valence-corrected chi connectivity index (χ2v) is 11.5. The third-order valence-electron chi connectivity index (χ3n) is 6.93. The Labute approximate surface area is 266 Å². The average molecular weight is 738 g/mol. The van der Waals surface area contributed by atoms with Crippen LogP contribution in [0.5, 0.6) is 0 Å². The van der Waals surface area contributed by atoms with E-state index in [-0.39, 0.29) is 20.1 Å². The van der Waals surface area contributed by atoms with Gasteiger partial charge in [-0.3, -0.25) is 4.98 Å². The maximum atomic E-state index is 5.76. The predicted molar refractivity (Wildman–Crippen MR) is 171 cm³/mol. The molecule has 0 aliphatic rings. The summed E-state index contributed by atoms with van der Waals surface area (Å²) in [5, 5.41) is 2.18. The fourth-order valence-electron chi connectivity index (χ4n) is 4.99. The minimum absolute atomic E-state index is 0. The van der Waals surface area contributed by atoms with E-state index in [1.54, 1.807) is 18.6 Å². The summed E-state index contributed by atoms with van der Waals surface area (Å²) in [4.78, 5) is 12.9. The van der Waals surface area contributed by atoms with Crippen molar-refractivity contribution in [2.24, 2.45) is 5.41 Å². The number of hydrogen-bond donors (Lipinski definition) is 0. The summed E-state index contributed by atoms with van der Waals surface area (Å²) in [5.41, 5.74) is 9.59. The van der Waals surface area contributed by atoms with Crippen LogP contribution in [0, 0.1) is 17.5 Å². The van der Waals surface area contributed by atoms with E-state index in [9.17, 15) is 0 Å². The summed E-state index contributed by atoms with van der Waals surface area (Å²) in [6.45, 7) is 6.81. The zero-order chi connectivity index (χ0) is 28.9. The van der Waals surface area contributed by atoms with Gasteiger partial charge in [-0.25, -0.2) is 0 Å². The van der Waals surface area contributed by atoms with Gasteiger partial charge in [0.25, 0.3) is 0 Å². The van der Waals surface area contributed by atoms with Gasteiger partial charge in [0.1, 0.15) is 5.58 Å². The summed E-state index contributed by atoms with van der Waals surface area (Å²) in [5.74, 6) is 0. The van der Waals surface area contributed by atoms with Crippen molar-refractivity contribution in [3.63, 3.8) is 0 Å². The Morgan fingerprint density at radius 1 is 0.674 bits per heavy atom. The van der Waals surface area contributed by atoms with Gasteiger partial charge >= 0.3 is 0 Å². The van der Waals surface area contributed by atoms with E-state index in [1.165, 1.54) is 16.7 Å². The quantitative estimate of drug-likeness (QED) is 0.169.